The van der Waals surface area contributed by atoms with Gasteiger partial charge in [-0.2, -0.15) is 0 Å². The Morgan fingerprint density at radius 1 is 0.968 bits per heavy atom. The second kappa shape index (κ2) is 9.85. The van der Waals surface area contributed by atoms with Gasteiger partial charge in [-0.05, 0) is 36.0 Å². The molecule has 152 valence electrons. The SMILES string of the molecule is O=C1Nc2c(ccc(F)c2F)[C@@]1(c1ccc(B([O-])[O-])cc1)C1CCC(F)(F)CC1.[Na+].[Na+]. The maximum atomic E-state index is 14.4. The third kappa shape index (κ3) is 4.53. The summed E-state index contributed by atoms with van der Waals surface area (Å²) < 4.78 is 55.7. The van der Waals surface area contributed by atoms with Gasteiger partial charge in [-0.25, -0.2) is 17.6 Å². The summed E-state index contributed by atoms with van der Waals surface area (Å²) in [6, 6.07) is 7.59. The topological polar surface area (TPSA) is 75.2 Å². The standard InChI is InChI=1S/C20H16BF4NO3.2Na/c22-15-6-5-14-17(16(15)23)26-18(27)20(14,12-7-9-19(24,25)10-8-12)11-1-3-13(4-2-11)21(28)29;;/h1-6,12H,7-10H2,(H,26,27);;/q-2;2*+1/t20-;;/m1../s1. The molecule has 1 fully saturated rings. The summed E-state index contributed by atoms with van der Waals surface area (Å²) >= 11 is 0. The van der Waals surface area contributed by atoms with E-state index < -0.39 is 54.8 Å². The van der Waals surface area contributed by atoms with Crippen molar-refractivity contribution in [2.45, 2.75) is 37.0 Å². The maximum Gasteiger partial charge on any atom is 1.00 e. The first kappa shape index (κ1) is 26.9. The fourth-order valence-electron chi connectivity index (χ4n) is 4.64. The molecule has 0 radical (unpaired) electrons. The van der Waals surface area contributed by atoms with E-state index in [1.54, 1.807) is 0 Å². The molecule has 0 spiro atoms. The number of hydrogen-bond acceptors (Lipinski definition) is 3. The van der Waals surface area contributed by atoms with Crippen molar-refractivity contribution in [3.63, 3.8) is 0 Å². The monoisotopic (exact) mass is 451 g/mol. The van der Waals surface area contributed by atoms with Gasteiger partial charge >= 0.3 is 59.1 Å². The van der Waals surface area contributed by atoms with Crippen LogP contribution in [0, 0.1) is 17.6 Å². The van der Waals surface area contributed by atoms with Gasteiger partial charge in [0.1, 0.15) is 5.41 Å². The molecule has 1 aliphatic carbocycles. The summed E-state index contributed by atoms with van der Waals surface area (Å²) in [5.74, 6) is -6.41. The van der Waals surface area contributed by atoms with Gasteiger partial charge in [-0.3, -0.25) is 4.79 Å². The molecule has 1 heterocycles. The number of amides is 1. The van der Waals surface area contributed by atoms with Crippen LogP contribution in [-0.4, -0.2) is 18.9 Å². The van der Waals surface area contributed by atoms with Crippen LogP contribution in [0.15, 0.2) is 36.4 Å². The van der Waals surface area contributed by atoms with Crippen molar-refractivity contribution in [3.05, 3.63) is 59.2 Å². The van der Waals surface area contributed by atoms with Gasteiger partial charge in [0.25, 0.3) is 0 Å². The van der Waals surface area contributed by atoms with Gasteiger partial charge in [0, 0.05) is 12.8 Å². The molecule has 0 saturated heterocycles. The predicted molar refractivity (Wildman–Crippen MR) is 94.5 cm³/mol. The number of nitrogens with one attached hydrogen (secondary N) is 1. The molecule has 1 N–H and O–H groups in total. The third-order valence-corrected chi connectivity index (χ3v) is 6.08. The zero-order valence-corrected chi connectivity index (χ0v) is 21.2. The molecule has 4 rings (SSSR count). The molecule has 4 nitrogen and oxygen atoms in total. The van der Waals surface area contributed by atoms with Crippen LogP contribution in [0.1, 0.15) is 36.8 Å². The Labute approximate surface area is 221 Å². The second-order valence-electron chi connectivity index (χ2n) is 7.63. The van der Waals surface area contributed by atoms with Crippen molar-refractivity contribution < 1.29 is 91.5 Å². The second-order valence-corrected chi connectivity index (χ2v) is 7.63. The minimum Gasteiger partial charge on any atom is -0.889 e. The number of fused-ring (bicyclic) bond motifs is 1. The third-order valence-electron chi connectivity index (χ3n) is 6.08. The molecule has 1 saturated carbocycles. The minimum atomic E-state index is -2.84. The Balaban J connectivity index is 0.00000171. The first-order valence-corrected chi connectivity index (χ1v) is 9.26. The first-order chi connectivity index (χ1) is 13.7. The van der Waals surface area contributed by atoms with E-state index in [-0.39, 0.29) is 88.7 Å². The molecule has 2 aromatic rings. The van der Waals surface area contributed by atoms with E-state index in [0.29, 0.717) is 5.56 Å². The molecule has 2 aliphatic rings. The van der Waals surface area contributed by atoms with E-state index in [0.717, 1.165) is 6.07 Å². The number of carbonyl (C=O) groups excluding carboxylic acids is 1. The Hall–Kier alpha value is -0.385. The molecule has 0 aromatic heterocycles. The molecule has 1 atom stereocenters. The average Bonchev–Trinajstić information content (AvgIpc) is 2.98. The molecule has 0 unspecified atom stereocenters. The molecule has 11 heteroatoms. The number of hydrogen-bond donors (Lipinski definition) is 1. The zero-order chi connectivity index (χ0) is 21.0. The molecule has 31 heavy (non-hydrogen) atoms. The Morgan fingerprint density at radius 3 is 2.10 bits per heavy atom. The fraction of sp³-hybridized carbons (Fsp3) is 0.350. The molecule has 2 aromatic carbocycles. The Morgan fingerprint density at radius 2 is 1.55 bits per heavy atom. The van der Waals surface area contributed by atoms with Crippen molar-refractivity contribution in [3.8, 4) is 0 Å². The summed E-state index contributed by atoms with van der Waals surface area (Å²) in [7, 11) is -2.22. The number of carbonyl (C=O) groups is 1. The quantitative estimate of drug-likeness (QED) is 0.378. The smallest absolute Gasteiger partial charge is 0.889 e. The van der Waals surface area contributed by atoms with Crippen LogP contribution < -0.4 is 79.9 Å². The van der Waals surface area contributed by atoms with Crippen LogP contribution in [0.4, 0.5) is 23.2 Å². The average molecular weight is 451 g/mol. The van der Waals surface area contributed by atoms with Crippen LogP contribution in [0.3, 0.4) is 0 Å². The van der Waals surface area contributed by atoms with E-state index in [1.807, 2.05) is 0 Å². The summed E-state index contributed by atoms with van der Waals surface area (Å²) in [6.45, 7) is 0. The molecule has 0 bridgehead atoms. The van der Waals surface area contributed by atoms with Gasteiger partial charge in [0.2, 0.25) is 11.8 Å². The number of benzene rings is 2. The molecule has 1 amide bonds. The largest absolute Gasteiger partial charge is 1.00 e. The van der Waals surface area contributed by atoms with Gasteiger partial charge in [0.05, 0.1) is 5.69 Å². The van der Waals surface area contributed by atoms with E-state index in [9.17, 15) is 32.4 Å². The first-order valence-electron chi connectivity index (χ1n) is 9.26. The summed E-state index contributed by atoms with van der Waals surface area (Å²) in [6.07, 6.45) is -0.835. The van der Waals surface area contributed by atoms with E-state index in [2.05, 4.69) is 5.32 Å². The maximum absolute atomic E-state index is 14.4. The number of alkyl halides is 2. The fourth-order valence-corrected chi connectivity index (χ4v) is 4.64. The van der Waals surface area contributed by atoms with Crippen LogP contribution in [0.25, 0.3) is 0 Å². The predicted octanol–water partition coefficient (Wildman–Crippen LogP) is -4.55. The van der Waals surface area contributed by atoms with Gasteiger partial charge in [-0.15, -0.1) is 5.46 Å². The summed E-state index contributed by atoms with van der Waals surface area (Å²) in [5.41, 5.74) is -1.34. The van der Waals surface area contributed by atoms with Gasteiger partial charge in [-0.1, -0.05) is 37.5 Å². The molecular formula is C20H16BF4NNa2O3. The van der Waals surface area contributed by atoms with Crippen molar-refractivity contribution >= 4 is 24.2 Å². The minimum absolute atomic E-state index is 0. The van der Waals surface area contributed by atoms with E-state index >= 15 is 0 Å². The normalized spacial score (nSPS) is 22.1. The number of halogens is 4. The summed E-state index contributed by atoms with van der Waals surface area (Å²) in [5, 5.41) is 24.7. The van der Waals surface area contributed by atoms with Gasteiger partial charge in [0.15, 0.2) is 11.6 Å². The van der Waals surface area contributed by atoms with Crippen molar-refractivity contribution in [1.29, 1.82) is 0 Å². The number of rotatable bonds is 3. The van der Waals surface area contributed by atoms with Crippen molar-refractivity contribution in [2.75, 3.05) is 5.32 Å². The van der Waals surface area contributed by atoms with E-state index in [1.165, 1.54) is 30.3 Å². The van der Waals surface area contributed by atoms with Crippen LogP contribution in [0.2, 0.25) is 0 Å². The zero-order valence-electron chi connectivity index (χ0n) is 17.2. The van der Waals surface area contributed by atoms with Crippen molar-refractivity contribution in [1.82, 2.24) is 0 Å². The molecular weight excluding hydrogens is 435 g/mol. The molecule has 1 aliphatic heterocycles. The van der Waals surface area contributed by atoms with Gasteiger partial charge < -0.3 is 15.4 Å². The van der Waals surface area contributed by atoms with Crippen LogP contribution >= 0.6 is 0 Å². The van der Waals surface area contributed by atoms with E-state index in [4.69, 9.17) is 0 Å². The Kier molecular flexibility index (Phi) is 8.54. The summed E-state index contributed by atoms with van der Waals surface area (Å²) in [4.78, 5) is 13.2. The van der Waals surface area contributed by atoms with Crippen LogP contribution in [0.5, 0.6) is 0 Å². The van der Waals surface area contributed by atoms with Crippen molar-refractivity contribution in [2.24, 2.45) is 5.92 Å². The number of anilines is 1. The Bertz CT molecular complexity index is 968. The van der Waals surface area contributed by atoms with Crippen LogP contribution in [-0.2, 0) is 10.2 Å².